The first-order valence-electron chi connectivity index (χ1n) is 7.24. The summed E-state index contributed by atoms with van der Waals surface area (Å²) in [5.74, 6) is -2.86. The van der Waals surface area contributed by atoms with Crippen LogP contribution in [-0.2, 0) is 24.4 Å². The molecule has 0 aliphatic rings. The highest BCUT2D eigenvalue weighted by molar-refractivity contribution is 7.89. The number of carbonyl (C=O) groups is 3. The van der Waals surface area contributed by atoms with Crippen LogP contribution >= 0.6 is 0 Å². The van der Waals surface area contributed by atoms with Crippen LogP contribution in [0.5, 0.6) is 0 Å². The van der Waals surface area contributed by atoms with Crippen LogP contribution in [0.4, 0.5) is 17.1 Å². The highest BCUT2D eigenvalue weighted by Gasteiger charge is 2.27. The number of imide groups is 1. The first-order chi connectivity index (χ1) is 12.1. The third-order valence-corrected chi connectivity index (χ3v) is 4.21. The van der Waals surface area contributed by atoms with Crippen molar-refractivity contribution in [3.8, 4) is 0 Å². The molecule has 2 rings (SSSR count). The quantitative estimate of drug-likeness (QED) is 0.522. The van der Waals surface area contributed by atoms with Crippen LogP contribution in [0, 0.1) is 0 Å². The monoisotopic (exact) mass is 376 g/mol. The Labute approximate surface area is 149 Å². The topological polar surface area (TPSA) is 153 Å². The lowest BCUT2D eigenvalue weighted by Gasteiger charge is -2.19. The second kappa shape index (κ2) is 7.33. The molecule has 26 heavy (non-hydrogen) atoms. The Morgan fingerprint density at radius 1 is 1.04 bits per heavy atom. The molecule has 0 radical (unpaired) electrons. The standard InChI is InChI=1S/C16H16N4O5S/c1-10(21)20(13-4-2-3-11(17)9-13)16(23)15(22)19-12-5-7-14(8-6-12)26(18,24)25/h2-9H,17H2,1H3,(H,19,22)(H2,18,24,25). The van der Waals surface area contributed by atoms with E-state index in [0.29, 0.717) is 10.6 Å². The summed E-state index contributed by atoms with van der Waals surface area (Å²) in [6, 6.07) is 10.8. The van der Waals surface area contributed by atoms with E-state index in [1.807, 2.05) is 0 Å². The summed E-state index contributed by atoms with van der Waals surface area (Å²) in [6.07, 6.45) is 0. The first-order valence-corrected chi connectivity index (χ1v) is 8.78. The summed E-state index contributed by atoms with van der Waals surface area (Å²) in [6.45, 7) is 1.13. The molecule has 2 aromatic rings. The fourth-order valence-electron chi connectivity index (χ4n) is 2.12. The number of nitrogens with two attached hydrogens (primary N) is 2. The fourth-order valence-corrected chi connectivity index (χ4v) is 2.64. The van der Waals surface area contributed by atoms with E-state index in [-0.39, 0.29) is 16.3 Å². The molecule has 136 valence electrons. The molecule has 9 nitrogen and oxygen atoms in total. The average molecular weight is 376 g/mol. The van der Waals surface area contributed by atoms with Gasteiger partial charge in [-0.1, -0.05) is 6.07 Å². The molecule has 0 aromatic heterocycles. The Kier molecular flexibility index (Phi) is 5.38. The molecule has 0 bridgehead atoms. The van der Waals surface area contributed by atoms with Crippen LogP contribution in [0.2, 0.25) is 0 Å². The highest BCUT2D eigenvalue weighted by atomic mass is 32.2. The van der Waals surface area contributed by atoms with Gasteiger partial charge < -0.3 is 11.1 Å². The lowest BCUT2D eigenvalue weighted by Crippen LogP contribution is -2.42. The molecule has 0 aliphatic carbocycles. The van der Waals surface area contributed by atoms with Gasteiger partial charge in [-0.2, -0.15) is 0 Å². The van der Waals surface area contributed by atoms with E-state index in [2.05, 4.69) is 5.32 Å². The smallest absolute Gasteiger partial charge is 0.323 e. The third kappa shape index (κ3) is 4.43. The van der Waals surface area contributed by atoms with E-state index in [4.69, 9.17) is 10.9 Å². The molecule has 0 heterocycles. The third-order valence-electron chi connectivity index (χ3n) is 3.28. The lowest BCUT2D eigenvalue weighted by molar-refractivity contribution is -0.136. The maximum atomic E-state index is 12.4. The van der Waals surface area contributed by atoms with Crippen molar-refractivity contribution in [1.82, 2.24) is 0 Å². The number of nitrogens with zero attached hydrogens (tertiary/aromatic N) is 1. The normalized spacial score (nSPS) is 10.8. The largest absolute Gasteiger partial charge is 0.399 e. The zero-order chi connectivity index (χ0) is 19.5. The van der Waals surface area contributed by atoms with Crippen LogP contribution in [0.3, 0.4) is 0 Å². The molecular formula is C16H16N4O5S. The minimum absolute atomic E-state index is 0.146. The maximum absolute atomic E-state index is 12.4. The Bertz CT molecular complexity index is 970. The number of anilines is 3. The summed E-state index contributed by atoms with van der Waals surface area (Å²) >= 11 is 0. The molecule has 10 heteroatoms. The van der Waals surface area contributed by atoms with Crippen molar-refractivity contribution < 1.29 is 22.8 Å². The van der Waals surface area contributed by atoms with E-state index in [9.17, 15) is 22.8 Å². The van der Waals surface area contributed by atoms with Gasteiger partial charge in [0.15, 0.2) is 0 Å². The van der Waals surface area contributed by atoms with E-state index in [0.717, 1.165) is 6.92 Å². The Morgan fingerprint density at radius 3 is 2.15 bits per heavy atom. The van der Waals surface area contributed by atoms with Gasteiger partial charge in [-0.15, -0.1) is 0 Å². The van der Waals surface area contributed by atoms with Crippen molar-refractivity contribution in [2.45, 2.75) is 11.8 Å². The van der Waals surface area contributed by atoms with Crippen molar-refractivity contribution in [2.24, 2.45) is 5.14 Å². The maximum Gasteiger partial charge on any atom is 0.323 e. The number of amides is 3. The van der Waals surface area contributed by atoms with Crippen molar-refractivity contribution in [3.05, 3.63) is 48.5 Å². The number of hydrogen-bond acceptors (Lipinski definition) is 6. The SMILES string of the molecule is CC(=O)N(C(=O)C(=O)Nc1ccc(S(N)(=O)=O)cc1)c1cccc(N)c1. The van der Waals surface area contributed by atoms with Gasteiger partial charge in [-0.3, -0.25) is 14.4 Å². The van der Waals surface area contributed by atoms with Crippen molar-refractivity contribution >= 4 is 44.8 Å². The number of hydrogen-bond donors (Lipinski definition) is 3. The summed E-state index contributed by atoms with van der Waals surface area (Å²) in [7, 11) is -3.87. The van der Waals surface area contributed by atoms with E-state index >= 15 is 0 Å². The van der Waals surface area contributed by atoms with E-state index in [1.54, 1.807) is 6.07 Å². The van der Waals surface area contributed by atoms with Gasteiger partial charge in [0.1, 0.15) is 0 Å². The molecule has 0 aliphatic heterocycles. The molecule has 0 fully saturated rings. The Morgan fingerprint density at radius 2 is 1.65 bits per heavy atom. The fraction of sp³-hybridized carbons (Fsp3) is 0.0625. The molecule has 5 N–H and O–H groups in total. The Hall–Kier alpha value is -3.24. The van der Waals surface area contributed by atoms with Crippen molar-refractivity contribution in [2.75, 3.05) is 16.0 Å². The van der Waals surface area contributed by atoms with Gasteiger partial charge in [-0.25, -0.2) is 18.5 Å². The number of sulfonamides is 1. The van der Waals surface area contributed by atoms with Gasteiger partial charge in [-0.05, 0) is 42.5 Å². The summed E-state index contributed by atoms with van der Waals surface area (Å²) in [4.78, 5) is 36.9. The minimum Gasteiger partial charge on any atom is -0.399 e. The van der Waals surface area contributed by atoms with Crippen LogP contribution < -0.4 is 21.1 Å². The predicted molar refractivity (Wildman–Crippen MR) is 95.5 cm³/mol. The number of nitrogen functional groups attached to an aromatic ring is 1. The number of benzene rings is 2. The van der Waals surface area contributed by atoms with Gasteiger partial charge in [0.2, 0.25) is 15.9 Å². The van der Waals surface area contributed by atoms with Crippen LogP contribution in [0.1, 0.15) is 6.92 Å². The van der Waals surface area contributed by atoms with Gasteiger partial charge >= 0.3 is 11.8 Å². The molecule has 0 unspecified atom stereocenters. The van der Waals surface area contributed by atoms with Crippen molar-refractivity contribution in [1.29, 1.82) is 0 Å². The highest BCUT2D eigenvalue weighted by Crippen LogP contribution is 2.19. The second-order valence-electron chi connectivity index (χ2n) is 5.28. The minimum atomic E-state index is -3.87. The number of carbonyl (C=O) groups excluding carboxylic acids is 3. The summed E-state index contributed by atoms with van der Waals surface area (Å²) < 4.78 is 22.4. The second-order valence-corrected chi connectivity index (χ2v) is 6.84. The van der Waals surface area contributed by atoms with Crippen LogP contribution in [0.25, 0.3) is 0 Å². The van der Waals surface area contributed by atoms with Crippen molar-refractivity contribution in [3.63, 3.8) is 0 Å². The lowest BCUT2D eigenvalue weighted by atomic mass is 10.2. The number of primary sulfonamides is 1. The predicted octanol–water partition coefficient (Wildman–Crippen LogP) is 0.434. The summed E-state index contributed by atoms with van der Waals surface area (Å²) in [5.41, 5.74) is 6.27. The van der Waals surface area contributed by atoms with Gasteiger partial charge in [0.05, 0.1) is 10.6 Å². The summed E-state index contributed by atoms with van der Waals surface area (Å²) in [5, 5.41) is 7.27. The molecule has 3 amide bonds. The molecule has 0 saturated carbocycles. The van der Waals surface area contributed by atoms with Gasteiger partial charge in [0.25, 0.3) is 0 Å². The average Bonchev–Trinajstić information content (AvgIpc) is 2.54. The zero-order valence-electron chi connectivity index (χ0n) is 13.7. The number of rotatable bonds is 3. The van der Waals surface area contributed by atoms with Gasteiger partial charge in [0, 0.05) is 18.3 Å². The Balaban J connectivity index is 2.22. The molecule has 0 spiro atoms. The zero-order valence-corrected chi connectivity index (χ0v) is 14.5. The van der Waals surface area contributed by atoms with Crippen LogP contribution in [0.15, 0.2) is 53.4 Å². The molecule has 0 atom stereocenters. The molecule has 0 saturated heterocycles. The van der Waals surface area contributed by atoms with Crippen LogP contribution in [-0.4, -0.2) is 26.1 Å². The molecular weight excluding hydrogens is 360 g/mol. The van der Waals surface area contributed by atoms with E-state index < -0.39 is 27.7 Å². The van der Waals surface area contributed by atoms with E-state index in [1.165, 1.54) is 42.5 Å². The molecule has 2 aromatic carbocycles. The first kappa shape index (κ1) is 19.1. The number of nitrogens with one attached hydrogen (secondary N) is 1.